The lowest BCUT2D eigenvalue weighted by atomic mass is 10.2. The highest BCUT2D eigenvalue weighted by Gasteiger charge is 2.40. The van der Waals surface area contributed by atoms with Crippen LogP contribution < -0.4 is 10.2 Å². The summed E-state index contributed by atoms with van der Waals surface area (Å²) in [5, 5.41) is 3.30. The van der Waals surface area contributed by atoms with E-state index >= 15 is 0 Å². The van der Waals surface area contributed by atoms with Crippen LogP contribution in [0.25, 0.3) is 11.2 Å². The molecular weight excluding hydrogens is 336 g/mol. The third-order valence-corrected chi connectivity index (χ3v) is 4.99. The van der Waals surface area contributed by atoms with Crippen LogP contribution in [0.3, 0.4) is 0 Å². The smallest absolute Gasteiger partial charge is 0.374 e. The normalized spacial score (nSPS) is 19.7. The van der Waals surface area contributed by atoms with E-state index in [2.05, 4.69) is 20.3 Å². The zero-order chi connectivity index (χ0) is 18.3. The fourth-order valence-corrected chi connectivity index (χ4v) is 3.49. The van der Waals surface area contributed by atoms with Gasteiger partial charge >= 0.3 is 5.97 Å². The van der Waals surface area contributed by atoms with Crippen molar-refractivity contribution in [3.63, 3.8) is 0 Å². The van der Waals surface area contributed by atoms with Crippen molar-refractivity contribution in [3.05, 3.63) is 12.2 Å². The van der Waals surface area contributed by atoms with Crippen LogP contribution in [0, 0.1) is 5.92 Å². The number of anilines is 1. The quantitative estimate of drug-likeness (QED) is 0.786. The SMILES string of the molecule is CCn1c(C(=O)OC)nc2c(N(C(=O)C3CC3)[C@H]3CCNC3)ncnc21. The lowest BCUT2D eigenvalue weighted by Gasteiger charge is -2.27. The molecule has 1 saturated heterocycles. The number of carbonyl (C=O) groups excluding carboxylic acids is 2. The molecule has 4 rings (SSSR count). The van der Waals surface area contributed by atoms with Gasteiger partial charge in [-0.05, 0) is 32.7 Å². The first-order valence-electron chi connectivity index (χ1n) is 8.99. The Bertz CT molecular complexity index is 854. The van der Waals surface area contributed by atoms with Gasteiger partial charge in [-0.2, -0.15) is 0 Å². The molecule has 0 spiro atoms. The number of methoxy groups -OCH3 is 1. The van der Waals surface area contributed by atoms with E-state index in [0.29, 0.717) is 23.5 Å². The lowest BCUT2D eigenvalue weighted by molar-refractivity contribution is -0.120. The van der Waals surface area contributed by atoms with Crippen molar-refractivity contribution in [3.8, 4) is 0 Å². The number of aromatic nitrogens is 4. The highest BCUT2D eigenvalue weighted by Crippen LogP contribution is 2.35. The van der Waals surface area contributed by atoms with Crippen LogP contribution in [-0.4, -0.2) is 57.6 Å². The molecule has 0 unspecified atom stereocenters. The molecular formula is C17H22N6O3. The summed E-state index contributed by atoms with van der Waals surface area (Å²) in [6.45, 7) is 4.01. The van der Waals surface area contributed by atoms with Crippen molar-refractivity contribution in [1.29, 1.82) is 0 Å². The van der Waals surface area contributed by atoms with Gasteiger partial charge in [-0.1, -0.05) is 0 Å². The van der Waals surface area contributed by atoms with Crippen LogP contribution in [0.15, 0.2) is 6.33 Å². The van der Waals surface area contributed by atoms with E-state index in [1.54, 1.807) is 9.47 Å². The number of fused-ring (bicyclic) bond motifs is 1. The largest absolute Gasteiger partial charge is 0.463 e. The van der Waals surface area contributed by atoms with Crippen LogP contribution in [0.5, 0.6) is 0 Å². The van der Waals surface area contributed by atoms with E-state index in [1.165, 1.54) is 13.4 Å². The number of rotatable bonds is 5. The summed E-state index contributed by atoms with van der Waals surface area (Å²) in [6, 6.07) is 0.0366. The van der Waals surface area contributed by atoms with E-state index in [9.17, 15) is 9.59 Å². The Morgan fingerprint density at radius 1 is 1.35 bits per heavy atom. The van der Waals surface area contributed by atoms with Gasteiger partial charge in [0.25, 0.3) is 0 Å². The Balaban J connectivity index is 1.86. The molecule has 1 N–H and O–H groups in total. The van der Waals surface area contributed by atoms with Gasteiger partial charge in [0.05, 0.1) is 13.2 Å². The second-order valence-corrected chi connectivity index (χ2v) is 6.67. The van der Waals surface area contributed by atoms with Crippen molar-refractivity contribution < 1.29 is 14.3 Å². The van der Waals surface area contributed by atoms with Gasteiger partial charge in [0.1, 0.15) is 6.33 Å². The Hall–Kier alpha value is -2.55. The minimum atomic E-state index is -0.529. The number of nitrogens with zero attached hydrogens (tertiary/aromatic N) is 5. The van der Waals surface area contributed by atoms with E-state index in [0.717, 1.165) is 32.4 Å². The van der Waals surface area contributed by atoms with Crippen molar-refractivity contribution in [2.75, 3.05) is 25.1 Å². The fraction of sp³-hybridized carbons (Fsp3) is 0.588. The molecule has 26 heavy (non-hydrogen) atoms. The predicted octanol–water partition coefficient (Wildman–Crippen LogP) is 0.738. The lowest BCUT2D eigenvalue weighted by Crippen LogP contribution is -2.43. The van der Waals surface area contributed by atoms with Gasteiger partial charge in [0.2, 0.25) is 11.7 Å². The molecule has 9 nitrogen and oxygen atoms in total. The first-order valence-corrected chi connectivity index (χ1v) is 8.99. The maximum Gasteiger partial charge on any atom is 0.374 e. The highest BCUT2D eigenvalue weighted by molar-refractivity contribution is 6.02. The maximum absolute atomic E-state index is 13.0. The number of carbonyl (C=O) groups is 2. The third-order valence-electron chi connectivity index (χ3n) is 4.99. The van der Waals surface area contributed by atoms with Gasteiger partial charge in [0.15, 0.2) is 17.0 Å². The minimum Gasteiger partial charge on any atom is -0.463 e. The summed E-state index contributed by atoms with van der Waals surface area (Å²) in [7, 11) is 1.32. The molecule has 1 aliphatic carbocycles. The van der Waals surface area contributed by atoms with Crippen LogP contribution in [-0.2, 0) is 16.1 Å². The average Bonchev–Trinajstić information content (AvgIpc) is 3.24. The molecule has 1 atom stereocenters. The molecule has 0 aromatic carbocycles. The minimum absolute atomic E-state index is 0.0366. The van der Waals surface area contributed by atoms with Gasteiger partial charge in [-0.3, -0.25) is 9.69 Å². The van der Waals surface area contributed by atoms with Gasteiger partial charge in [0, 0.05) is 19.0 Å². The molecule has 2 aliphatic rings. The average molecular weight is 358 g/mol. The summed E-state index contributed by atoms with van der Waals surface area (Å²) < 4.78 is 6.54. The van der Waals surface area contributed by atoms with Crippen LogP contribution in [0.4, 0.5) is 5.82 Å². The Morgan fingerprint density at radius 2 is 2.15 bits per heavy atom. The molecule has 1 saturated carbocycles. The molecule has 1 aliphatic heterocycles. The molecule has 2 aromatic rings. The first kappa shape index (κ1) is 16.9. The van der Waals surface area contributed by atoms with Gasteiger partial charge in [-0.25, -0.2) is 19.7 Å². The van der Waals surface area contributed by atoms with Crippen LogP contribution in [0.1, 0.15) is 36.8 Å². The van der Waals surface area contributed by atoms with Crippen molar-refractivity contribution in [1.82, 2.24) is 24.8 Å². The predicted molar refractivity (Wildman–Crippen MR) is 93.8 cm³/mol. The Labute approximate surface area is 150 Å². The monoisotopic (exact) mass is 358 g/mol. The molecule has 3 heterocycles. The van der Waals surface area contributed by atoms with Gasteiger partial charge < -0.3 is 14.6 Å². The number of amides is 1. The van der Waals surface area contributed by atoms with Crippen molar-refractivity contribution >= 4 is 28.9 Å². The van der Waals surface area contributed by atoms with Gasteiger partial charge in [-0.15, -0.1) is 0 Å². The van der Waals surface area contributed by atoms with E-state index in [1.807, 2.05) is 6.92 Å². The standard InChI is InChI=1S/C17H22N6O3/c1-3-22-13-12(21-15(22)17(25)26-2)14(20-9-19-13)23(11-6-7-18-8-11)16(24)10-4-5-10/h9-11,18H,3-8H2,1-2H3/t11-/m0/s1. The number of hydrogen-bond acceptors (Lipinski definition) is 7. The molecule has 2 aromatic heterocycles. The molecule has 9 heteroatoms. The molecule has 1 amide bonds. The van der Waals surface area contributed by atoms with Crippen LogP contribution >= 0.6 is 0 Å². The summed E-state index contributed by atoms with van der Waals surface area (Å²) in [5.74, 6) is 0.282. The van der Waals surface area contributed by atoms with E-state index in [4.69, 9.17) is 4.74 Å². The number of ether oxygens (including phenoxy) is 1. The summed E-state index contributed by atoms with van der Waals surface area (Å²) in [4.78, 5) is 40.0. The topological polar surface area (TPSA) is 102 Å². The number of aryl methyl sites for hydroxylation is 1. The zero-order valence-corrected chi connectivity index (χ0v) is 14.9. The number of hydrogen-bond donors (Lipinski definition) is 1. The number of esters is 1. The fourth-order valence-electron chi connectivity index (χ4n) is 3.49. The Morgan fingerprint density at radius 3 is 2.77 bits per heavy atom. The maximum atomic E-state index is 13.0. The van der Waals surface area contributed by atoms with E-state index < -0.39 is 5.97 Å². The highest BCUT2D eigenvalue weighted by atomic mass is 16.5. The summed E-state index contributed by atoms with van der Waals surface area (Å²) >= 11 is 0. The first-order chi connectivity index (χ1) is 12.7. The molecule has 138 valence electrons. The van der Waals surface area contributed by atoms with E-state index in [-0.39, 0.29) is 23.7 Å². The second-order valence-electron chi connectivity index (χ2n) is 6.67. The molecule has 0 radical (unpaired) electrons. The second kappa shape index (κ2) is 6.64. The summed E-state index contributed by atoms with van der Waals surface area (Å²) in [6.07, 6.45) is 4.13. The number of nitrogens with one attached hydrogen (secondary N) is 1. The van der Waals surface area contributed by atoms with Crippen LogP contribution in [0.2, 0.25) is 0 Å². The third kappa shape index (κ3) is 2.72. The molecule has 0 bridgehead atoms. The zero-order valence-electron chi connectivity index (χ0n) is 14.9. The Kier molecular flexibility index (Phi) is 4.31. The van der Waals surface area contributed by atoms with Crippen molar-refractivity contribution in [2.45, 2.75) is 38.8 Å². The number of imidazole rings is 1. The molecule has 2 fully saturated rings. The summed E-state index contributed by atoms with van der Waals surface area (Å²) in [5.41, 5.74) is 1.01. The van der Waals surface area contributed by atoms with Crippen molar-refractivity contribution in [2.24, 2.45) is 5.92 Å².